The summed E-state index contributed by atoms with van der Waals surface area (Å²) in [6.07, 6.45) is 4.08. The number of anilines is 1. The molecule has 2 aromatic rings. The third-order valence-corrected chi connectivity index (χ3v) is 4.70. The highest BCUT2D eigenvalue weighted by Crippen LogP contribution is 2.23. The van der Waals surface area contributed by atoms with E-state index in [1.807, 2.05) is 6.07 Å². The third kappa shape index (κ3) is 7.88. The summed E-state index contributed by atoms with van der Waals surface area (Å²) in [5.41, 5.74) is 2.24. The van der Waals surface area contributed by atoms with Crippen LogP contribution in [0.2, 0.25) is 0 Å². The van der Waals surface area contributed by atoms with E-state index in [9.17, 15) is 9.59 Å². The molecule has 1 saturated heterocycles. The molecule has 0 amide bonds. The summed E-state index contributed by atoms with van der Waals surface area (Å²) in [5, 5.41) is 15.6. The number of aliphatic carboxylic acids is 2. The van der Waals surface area contributed by atoms with Crippen LogP contribution in [-0.2, 0) is 20.9 Å². The molecule has 168 valence electrons. The average Bonchev–Trinajstić information content (AvgIpc) is 2.96. The number of carboxylic acid groups (broad SMARTS) is 2. The van der Waals surface area contributed by atoms with Crippen LogP contribution in [0.25, 0.3) is 11.0 Å². The van der Waals surface area contributed by atoms with Crippen LogP contribution in [0.15, 0.2) is 49.1 Å². The van der Waals surface area contributed by atoms with Crippen LogP contribution in [0.5, 0.6) is 0 Å². The molecule has 31 heavy (non-hydrogen) atoms. The van der Waals surface area contributed by atoms with Crippen LogP contribution in [0.4, 0.5) is 5.95 Å². The number of aromatic nitrogens is 2. The first-order chi connectivity index (χ1) is 14.9. The lowest BCUT2D eigenvalue weighted by atomic mass is 10.3. The molecule has 0 spiro atoms. The molecule has 1 aliphatic heterocycles. The first-order valence-electron chi connectivity index (χ1n) is 10.1. The van der Waals surface area contributed by atoms with E-state index in [1.165, 1.54) is 11.9 Å². The Bertz CT molecular complexity index is 892. The molecule has 1 fully saturated rings. The summed E-state index contributed by atoms with van der Waals surface area (Å²) in [6.45, 7) is 10.1. The second kappa shape index (κ2) is 12.5. The van der Waals surface area contributed by atoms with Gasteiger partial charge in [-0.15, -0.1) is 6.58 Å². The van der Waals surface area contributed by atoms with E-state index in [1.54, 1.807) is 6.08 Å². The van der Waals surface area contributed by atoms with Crippen molar-refractivity contribution in [1.29, 1.82) is 0 Å². The largest absolute Gasteiger partial charge is 0.478 e. The van der Waals surface area contributed by atoms with Crippen LogP contribution in [0, 0.1) is 0 Å². The van der Waals surface area contributed by atoms with Gasteiger partial charge in [0.2, 0.25) is 5.95 Å². The van der Waals surface area contributed by atoms with Crippen molar-refractivity contribution in [1.82, 2.24) is 14.5 Å². The first kappa shape index (κ1) is 24.1. The fourth-order valence-corrected chi connectivity index (χ4v) is 3.24. The second-order valence-corrected chi connectivity index (χ2v) is 7.07. The normalized spacial score (nSPS) is 14.8. The Labute approximate surface area is 181 Å². The minimum Gasteiger partial charge on any atom is -0.478 e. The van der Waals surface area contributed by atoms with Crippen molar-refractivity contribution in [2.24, 2.45) is 0 Å². The van der Waals surface area contributed by atoms with E-state index in [4.69, 9.17) is 19.9 Å². The van der Waals surface area contributed by atoms with Crippen molar-refractivity contribution in [2.45, 2.75) is 13.0 Å². The highest BCUT2D eigenvalue weighted by atomic mass is 16.5. The molecule has 3 rings (SSSR count). The fraction of sp³-hybridized carbons (Fsp3) is 0.409. The number of nitrogens with zero attached hydrogens (tertiary/aromatic N) is 4. The number of carboxylic acids is 2. The molecule has 0 bridgehead atoms. The highest BCUT2D eigenvalue weighted by Gasteiger charge is 2.19. The number of carbonyl (C=O) groups is 2. The number of fused-ring (bicyclic) bond motifs is 1. The molecular formula is C22H30N4O5. The zero-order valence-electron chi connectivity index (χ0n) is 17.8. The van der Waals surface area contributed by atoms with Gasteiger partial charge >= 0.3 is 11.9 Å². The Morgan fingerprint density at radius 1 is 1.13 bits per heavy atom. The molecule has 0 aliphatic carbocycles. The summed E-state index contributed by atoms with van der Waals surface area (Å²) in [6, 6.07) is 8.35. The molecule has 2 heterocycles. The summed E-state index contributed by atoms with van der Waals surface area (Å²) >= 11 is 0. The maximum absolute atomic E-state index is 9.55. The molecule has 1 aromatic carbocycles. The quantitative estimate of drug-likeness (QED) is 0.372. The summed E-state index contributed by atoms with van der Waals surface area (Å²) in [7, 11) is 2.19. The number of benzene rings is 1. The lowest BCUT2D eigenvalue weighted by Gasteiger charge is -2.23. The smallest absolute Gasteiger partial charge is 0.328 e. The number of hydrogen-bond acceptors (Lipinski definition) is 6. The van der Waals surface area contributed by atoms with Gasteiger partial charge in [-0.1, -0.05) is 18.2 Å². The molecule has 0 radical (unpaired) electrons. The number of imidazole rings is 1. The van der Waals surface area contributed by atoms with Gasteiger partial charge in [-0.2, -0.15) is 0 Å². The minimum absolute atomic E-state index is 0.558. The van der Waals surface area contributed by atoms with E-state index in [2.05, 4.69) is 46.2 Å². The zero-order valence-corrected chi connectivity index (χ0v) is 17.8. The topological polar surface area (TPSA) is 108 Å². The number of likely N-dealkylation sites (N-methyl/N-ethyl adjacent to an activating group) is 1. The van der Waals surface area contributed by atoms with E-state index in [0.717, 1.165) is 44.2 Å². The van der Waals surface area contributed by atoms with Crippen LogP contribution in [-0.4, -0.2) is 83.0 Å². The predicted molar refractivity (Wildman–Crippen MR) is 119 cm³/mol. The van der Waals surface area contributed by atoms with Gasteiger partial charge < -0.3 is 29.3 Å². The zero-order chi connectivity index (χ0) is 22.6. The van der Waals surface area contributed by atoms with Crippen molar-refractivity contribution in [2.75, 3.05) is 51.3 Å². The first-order valence-corrected chi connectivity index (χ1v) is 10.1. The van der Waals surface area contributed by atoms with Gasteiger partial charge in [0.05, 0.1) is 24.2 Å². The summed E-state index contributed by atoms with van der Waals surface area (Å²) in [4.78, 5) is 28.8. The van der Waals surface area contributed by atoms with Crippen molar-refractivity contribution in [3.8, 4) is 0 Å². The lowest BCUT2D eigenvalue weighted by molar-refractivity contribution is -0.134. The third-order valence-electron chi connectivity index (χ3n) is 4.70. The van der Waals surface area contributed by atoms with Gasteiger partial charge in [0, 0.05) is 38.3 Å². The number of rotatable bonds is 8. The maximum atomic E-state index is 9.55. The molecule has 0 saturated carbocycles. The number of ether oxygens (including phenoxy) is 1. The van der Waals surface area contributed by atoms with E-state index in [-0.39, 0.29) is 0 Å². The van der Waals surface area contributed by atoms with E-state index in [0.29, 0.717) is 25.4 Å². The van der Waals surface area contributed by atoms with Gasteiger partial charge in [0.25, 0.3) is 0 Å². The second-order valence-electron chi connectivity index (χ2n) is 7.07. The van der Waals surface area contributed by atoms with Crippen molar-refractivity contribution >= 4 is 28.9 Å². The molecule has 9 nitrogen and oxygen atoms in total. The Kier molecular flexibility index (Phi) is 9.73. The number of hydrogen-bond donors (Lipinski definition) is 2. The van der Waals surface area contributed by atoms with Crippen molar-refractivity contribution < 1.29 is 24.5 Å². The van der Waals surface area contributed by atoms with Gasteiger partial charge in [0.15, 0.2) is 0 Å². The average molecular weight is 431 g/mol. The monoisotopic (exact) mass is 430 g/mol. The predicted octanol–water partition coefficient (Wildman–Crippen LogP) is 2.09. The highest BCUT2D eigenvalue weighted by molar-refractivity contribution is 5.89. The Morgan fingerprint density at radius 2 is 1.84 bits per heavy atom. The molecular weight excluding hydrogens is 400 g/mol. The summed E-state index contributed by atoms with van der Waals surface area (Å²) < 4.78 is 7.89. The minimum atomic E-state index is -1.26. The van der Waals surface area contributed by atoms with Crippen LogP contribution >= 0.6 is 0 Å². The van der Waals surface area contributed by atoms with E-state index >= 15 is 0 Å². The van der Waals surface area contributed by atoms with Gasteiger partial charge in [-0.3, -0.25) is 0 Å². The fourth-order valence-electron chi connectivity index (χ4n) is 3.24. The molecule has 0 atom stereocenters. The van der Waals surface area contributed by atoms with Crippen LogP contribution < -0.4 is 4.90 Å². The lowest BCUT2D eigenvalue weighted by Crippen LogP contribution is -2.31. The number of para-hydroxylation sites is 2. The Morgan fingerprint density at radius 3 is 2.52 bits per heavy atom. The Hall–Kier alpha value is -3.17. The molecule has 2 N–H and O–H groups in total. The van der Waals surface area contributed by atoms with Crippen LogP contribution in [0.3, 0.4) is 0 Å². The Balaban J connectivity index is 0.000000366. The van der Waals surface area contributed by atoms with Crippen molar-refractivity contribution in [3.63, 3.8) is 0 Å². The van der Waals surface area contributed by atoms with E-state index < -0.39 is 11.9 Å². The van der Waals surface area contributed by atoms with Crippen LogP contribution in [0.1, 0.15) is 6.42 Å². The molecule has 1 aliphatic rings. The van der Waals surface area contributed by atoms with Gasteiger partial charge in [-0.05, 0) is 32.1 Å². The SMILES string of the molecule is C=CCOCCn1c(N2CCCN(C)CC2)nc2ccccc21.O=C(O)/C=C/C(=O)O. The van der Waals surface area contributed by atoms with Gasteiger partial charge in [-0.25, -0.2) is 14.6 Å². The van der Waals surface area contributed by atoms with Gasteiger partial charge in [0.1, 0.15) is 0 Å². The standard InChI is InChI=1S/C18H26N4O.C4H4O4/c1-3-14-23-15-13-22-17-8-5-4-7-16(17)19-18(22)21-10-6-9-20(2)11-12-21;5-3(6)1-2-4(7)8/h3-5,7-8H,1,6,9-15H2,2H3;1-2H,(H,5,6)(H,7,8)/b;2-1+. The molecule has 1 aromatic heterocycles. The van der Waals surface area contributed by atoms with Crippen molar-refractivity contribution in [3.05, 3.63) is 49.1 Å². The molecule has 9 heteroatoms. The summed E-state index contributed by atoms with van der Waals surface area (Å²) in [5.74, 6) is -1.44. The molecule has 0 unspecified atom stereocenters. The maximum Gasteiger partial charge on any atom is 0.328 e.